The third kappa shape index (κ3) is 9.72. The molecule has 0 aliphatic heterocycles. The second kappa shape index (κ2) is 9.20. The van der Waals surface area contributed by atoms with Crippen molar-refractivity contribution < 1.29 is 9.53 Å². The molecule has 0 fully saturated rings. The number of carbonyl (C=O) groups is 1. The van der Waals surface area contributed by atoms with E-state index >= 15 is 0 Å². The topological polar surface area (TPSA) is 26.3 Å². The van der Waals surface area contributed by atoms with E-state index < -0.39 is 0 Å². The van der Waals surface area contributed by atoms with E-state index in [9.17, 15) is 4.79 Å². The zero-order valence-corrected chi connectivity index (χ0v) is 9.71. The number of hydrogen-bond acceptors (Lipinski definition) is 2. The molecule has 14 heavy (non-hydrogen) atoms. The van der Waals surface area contributed by atoms with Gasteiger partial charge in [0.15, 0.2) is 5.78 Å². The fourth-order valence-electron chi connectivity index (χ4n) is 1.40. The van der Waals surface area contributed by atoms with Gasteiger partial charge in [-0.05, 0) is 12.3 Å². The lowest BCUT2D eigenvalue weighted by Crippen LogP contribution is -1.99. The Kier molecular flexibility index (Phi) is 8.95. The van der Waals surface area contributed by atoms with Crippen LogP contribution in [0.1, 0.15) is 52.4 Å². The highest BCUT2D eigenvalue weighted by Gasteiger charge is 2.01. The Labute approximate surface area is 88.0 Å². The van der Waals surface area contributed by atoms with Crippen LogP contribution < -0.4 is 0 Å². The minimum atomic E-state index is 0.108. The number of hydrogen-bond donors (Lipinski definition) is 0. The van der Waals surface area contributed by atoms with Gasteiger partial charge in [0.2, 0.25) is 0 Å². The molecule has 0 bridgehead atoms. The van der Waals surface area contributed by atoms with Crippen LogP contribution in [-0.2, 0) is 9.53 Å². The Balaban J connectivity index is 3.09. The summed E-state index contributed by atoms with van der Waals surface area (Å²) in [7, 11) is 1.51. The fourth-order valence-corrected chi connectivity index (χ4v) is 1.40. The molecule has 0 saturated carbocycles. The van der Waals surface area contributed by atoms with Crippen LogP contribution in [-0.4, -0.2) is 12.9 Å². The van der Waals surface area contributed by atoms with Crippen LogP contribution in [0.5, 0.6) is 0 Å². The summed E-state index contributed by atoms with van der Waals surface area (Å²) in [5.41, 5.74) is 0. The molecule has 0 aliphatic rings. The zero-order chi connectivity index (χ0) is 10.8. The lowest BCUT2D eigenvalue weighted by molar-refractivity contribution is -0.119. The van der Waals surface area contributed by atoms with Crippen molar-refractivity contribution in [2.45, 2.75) is 52.4 Å². The van der Waals surface area contributed by atoms with E-state index in [1.807, 2.05) is 0 Å². The molecule has 0 aliphatic carbocycles. The van der Waals surface area contributed by atoms with Crippen molar-refractivity contribution in [3.05, 3.63) is 6.61 Å². The standard InChI is InChI=1S/C12H23O2/c1-11(2)8-6-4-5-7-9-12(13)10-14-3/h10-11H,4-9H2,1-3H3. The van der Waals surface area contributed by atoms with Crippen molar-refractivity contribution >= 4 is 5.78 Å². The average molecular weight is 199 g/mol. The van der Waals surface area contributed by atoms with Crippen LogP contribution in [0.25, 0.3) is 0 Å². The summed E-state index contributed by atoms with van der Waals surface area (Å²) in [6, 6.07) is 0. The molecular formula is C12H23O2. The number of ketones is 1. The molecule has 1 radical (unpaired) electrons. The summed E-state index contributed by atoms with van der Waals surface area (Å²) in [6.45, 7) is 5.79. The molecule has 0 aromatic heterocycles. The van der Waals surface area contributed by atoms with Gasteiger partial charge in [-0.25, -0.2) is 0 Å². The first-order valence-corrected chi connectivity index (χ1v) is 5.55. The van der Waals surface area contributed by atoms with Gasteiger partial charge in [-0.15, -0.1) is 0 Å². The number of ether oxygens (including phenoxy) is 1. The SMILES string of the molecule is CO[CH]C(=O)CCCCCCC(C)C. The first kappa shape index (κ1) is 13.6. The second-order valence-corrected chi connectivity index (χ2v) is 4.17. The van der Waals surface area contributed by atoms with Crippen LogP contribution in [0.3, 0.4) is 0 Å². The van der Waals surface area contributed by atoms with E-state index in [0.29, 0.717) is 6.42 Å². The predicted molar refractivity (Wildman–Crippen MR) is 58.9 cm³/mol. The van der Waals surface area contributed by atoms with Gasteiger partial charge < -0.3 is 4.74 Å². The lowest BCUT2D eigenvalue weighted by Gasteiger charge is -2.03. The second-order valence-electron chi connectivity index (χ2n) is 4.17. The van der Waals surface area contributed by atoms with Gasteiger partial charge in [-0.2, -0.15) is 0 Å². The molecule has 0 unspecified atom stereocenters. The minimum Gasteiger partial charge on any atom is -0.370 e. The molecule has 0 rings (SSSR count). The third-order valence-corrected chi connectivity index (χ3v) is 2.20. The Bertz CT molecular complexity index is 141. The van der Waals surface area contributed by atoms with Crippen molar-refractivity contribution in [2.24, 2.45) is 5.92 Å². The third-order valence-electron chi connectivity index (χ3n) is 2.20. The van der Waals surface area contributed by atoms with Crippen molar-refractivity contribution in [2.75, 3.05) is 7.11 Å². The molecule has 2 nitrogen and oxygen atoms in total. The van der Waals surface area contributed by atoms with E-state index in [-0.39, 0.29) is 5.78 Å². The molecule has 2 heteroatoms. The summed E-state index contributed by atoms with van der Waals surface area (Å²) >= 11 is 0. The Morgan fingerprint density at radius 2 is 1.86 bits per heavy atom. The summed E-state index contributed by atoms with van der Waals surface area (Å²) in [4.78, 5) is 11.0. The summed E-state index contributed by atoms with van der Waals surface area (Å²) in [5, 5.41) is 0. The van der Waals surface area contributed by atoms with Gasteiger partial charge in [-0.3, -0.25) is 4.79 Å². The Hall–Kier alpha value is -0.370. The molecular weight excluding hydrogens is 176 g/mol. The molecule has 0 amide bonds. The summed E-state index contributed by atoms with van der Waals surface area (Å²) in [5.74, 6) is 0.912. The molecule has 83 valence electrons. The molecule has 0 aromatic rings. The number of Topliss-reactive ketones (excluding diaryl/α,β-unsaturated/α-hetero) is 1. The van der Waals surface area contributed by atoms with Crippen molar-refractivity contribution in [1.29, 1.82) is 0 Å². The van der Waals surface area contributed by atoms with Crippen molar-refractivity contribution in [3.8, 4) is 0 Å². The first-order chi connectivity index (χ1) is 6.66. The quantitative estimate of drug-likeness (QED) is 0.532. The van der Waals surface area contributed by atoms with Gasteiger partial charge in [0.05, 0.1) is 0 Å². The van der Waals surface area contributed by atoms with E-state index in [1.165, 1.54) is 33.0 Å². The highest BCUT2D eigenvalue weighted by atomic mass is 16.5. The normalized spacial score (nSPS) is 10.9. The predicted octanol–water partition coefficient (Wildman–Crippen LogP) is 3.36. The number of methoxy groups -OCH3 is 1. The molecule has 0 spiro atoms. The van der Waals surface area contributed by atoms with Gasteiger partial charge in [0.1, 0.15) is 6.61 Å². The van der Waals surface area contributed by atoms with E-state index in [0.717, 1.165) is 18.8 Å². The maximum absolute atomic E-state index is 11.0. The van der Waals surface area contributed by atoms with Gasteiger partial charge in [0, 0.05) is 13.5 Å². The van der Waals surface area contributed by atoms with E-state index in [1.54, 1.807) is 0 Å². The molecule has 0 N–H and O–H groups in total. The Morgan fingerprint density at radius 3 is 2.43 bits per heavy atom. The first-order valence-electron chi connectivity index (χ1n) is 5.55. The maximum atomic E-state index is 11.0. The Morgan fingerprint density at radius 1 is 1.21 bits per heavy atom. The molecule has 0 atom stereocenters. The molecule has 0 aromatic carbocycles. The zero-order valence-electron chi connectivity index (χ0n) is 9.71. The van der Waals surface area contributed by atoms with Gasteiger partial charge >= 0.3 is 0 Å². The van der Waals surface area contributed by atoms with Crippen LogP contribution in [0, 0.1) is 12.5 Å². The van der Waals surface area contributed by atoms with Crippen LogP contribution in [0.2, 0.25) is 0 Å². The van der Waals surface area contributed by atoms with Gasteiger partial charge in [-0.1, -0.05) is 39.5 Å². The van der Waals surface area contributed by atoms with E-state index in [4.69, 9.17) is 0 Å². The number of carbonyl (C=O) groups excluding carboxylic acids is 1. The van der Waals surface area contributed by atoms with Crippen LogP contribution in [0.15, 0.2) is 0 Å². The summed E-state index contributed by atoms with van der Waals surface area (Å²) < 4.78 is 4.64. The number of rotatable bonds is 9. The smallest absolute Gasteiger partial charge is 0.164 e. The molecule has 0 saturated heterocycles. The monoisotopic (exact) mass is 199 g/mol. The fraction of sp³-hybridized carbons (Fsp3) is 0.833. The molecule has 0 heterocycles. The highest BCUT2D eigenvalue weighted by molar-refractivity contribution is 5.85. The maximum Gasteiger partial charge on any atom is 0.164 e. The van der Waals surface area contributed by atoms with Gasteiger partial charge in [0.25, 0.3) is 0 Å². The van der Waals surface area contributed by atoms with Crippen molar-refractivity contribution in [3.63, 3.8) is 0 Å². The van der Waals surface area contributed by atoms with Crippen molar-refractivity contribution in [1.82, 2.24) is 0 Å². The lowest BCUT2D eigenvalue weighted by atomic mass is 10.0. The van der Waals surface area contributed by atoms with E-state index in [2.05, 4.69) is 18.6 Å². The largest absolute Gasteiger partial charge is 0.370 e. The highest BCUT2D eigenvalue weighted by Crippen LogP contribution is 2.10. The van der Waals surface area contributed by atoms with Crippen LogP contribution >= 0.6 is 0 Å². The van der Waals surface area contributed by atoms with Crippen LogP contribution in [0.4, 0.5) is 0 Å². The summed E-state index contributed by atoms with van der Waals surface area (Å²) in [6.07, 6.45) is 6.64. The average Bonchev–Trinajstić information content (AvgIpc) is 2.11. The number of unbranched alkanes of at least 4 members (excludes halogenated alkanes) is 3. The minimum absolute atomic E-state index is 0.108.